The Hall–Kier alpha value is -3.19. The highest BCUT2D eigenvalue weighted by Crippen LogP contribution is 2.38. The van der Waals surface area contributed by atoms with Gasteiger partial charge in [-0.25, -0.2) is 4.39 Å². The molecule has 7 heteroatoms. The molecule has 0 spiro atoms. The van der Waals surface area contributed by atoms with Crippen LogP contribution in [0.3, 0.4) is 0 Å². The third-order valence-electron chi connectivity index (χ3n) is 6.13. The third-order valence-corrected chi connectivity index (χ3v) is 6.13. The normalized spacial score (nSPS) is 15.6. The third kappa shape index (κ3) is 3.88. The fourth-order valence-electron chi connectivity index (χ4n) is 4.35. The Kier molecular flexibility index (Phi) is 6.28. The number of hydrogen-bond acceptors (Lipinski definition) is 5. The van der Waals surface area contributed by atoms with Crippen molar-refractivity contribution in [1.29, 1.82) is 0 Å². The minimum atomic E-state index is -0.613. The first-order chi connectivity index (χ1) is 15.5. The molecule has 2 heterocycles. The van der Waals surface area contributed by atoms with E-state index in [1.54, 1.807) is 35.2 Å². The van der Waals surface area contributed by atoms with Gasteiger partial charge < -0.3 is 19.0 Å². The molecule has 1 aliphatic heterocycles. The van der Waals surface area contributed by atoms with Gasteiger partial charge in [0.15, 0.2) is 5.43 Å². The number of ether oxygens (including phenoxy) is 1. The number of rotatable bonds is 8. The van der Waals surface area contributed by atoms with Gasteiger partial charge in [0.2, 0.25) is 5.76 Å². The molecule has 0 radical (unpaired) electrons. The van der Waals surface area contributed by atoms with E-state index in [9.17, 15) is 14.0 Å². The maximum absolute atomic E-state index is 13.6. The predicted octanol–water partition coefficient (Wildman–Crippen LogP) is 4.22. The fraction of sp³-hybridized carbons (Fsp3) is 0.360. The van der Waals surface area contributed by atoms with Crippen molar-refractivity contribution in [3.8, 4) is 5.75 Å². The minimum Gasteiger partial charge on any atom is -0.497 e. The summed E-state index contributed by atoms with van der Waals surface area (Å²) < 4.78 is 24.8. The Morgan fingerprint density at radius 3 is 2.47 bits per heavy atom. The zero-order valence-corrected chi connectivity index (χ0v) is 18.6. The zero-order chi connectivity index (χ0) is 22.8. The maximum atomic E-state index is 13.6. The molecular formula is C25H27FN2O4. The van der Waals surface area contributed by atoms with Crippen LogP contribution in [0.1, 0.15) is 48.0 Å². The summed E-state index contributed by atoms with van der Waals surface area (Å²) in [5, 5.41) is 0.384. The number of carbonyl (C=O) groups is 1. The number of halogens is 1. The van der Waals surface area contributed by atoms with Crippen molar-refractivity contribution in [2.45, 2.75) is 26.3 Å². The lowest BCUT2D eigenvalue weighted by Crippen LogP contribution is -2.33. The lowest BCUT2D eigenvalue weighted by Gasteiger charge is -2.26. The first-order valence-corrected chi connectivity index (χ1v) is 10.9. The molecule has 3 aromatic rings. The Morgan fingerprint density at radius 1 is 1.09 bits per heavy atom. The number of methoxy groups -OCH3 is 1. The highest BCUT2D eigenvalue weighted by atomic mass is 19.1. The zero-order valence-electron chi connectivity index (χ0n) is 18.6. The molecule has 0 saturated heterocycles. The van der Waals surface area contributed by atoms with Crippen LogP contribution < -0.4 is 10.2 Å². The highest BCUT2D eigenvalue weighted by molar-refractivity contribution is 5.99. The van der Waals surface area contributed by atoms with E-state index < -0.39 is 6.04 Å². The summed E-state index contributed by atoms with van der Waals surface area (Å²) in [5.74, 6) is -0.107. The predicted molar refractivity (Wildman–Crippen MR) is 121 cm³/mol. The van der Waals surface area contributed by atoms with E-state index in [2.05, 4.69) is 18.7 Å². The van der Waals surface area contributed by atoms with Crippen molar-refractivity contribution in [1.82, 2.24) is 9.80 Å². The average molecular weight is 438 g/mol. The Morgan fingerprint density at radius 2 is 1.81 bits per heavy atom. The first-order valence-electron chi connectivity index (χ1n) is 10.9. The minimum absolute atomic E-state index is 0.0490. The Balaban J connectivity index is 1.80. The molecule has 1 aliphatic rings. The van der Waals surface area contributed by atoms with Crippen molar-refractivity contribution >= 4 is 16.9 Å². The molecule has 1 atom stereocenters. The molecule has 32 heavy (non-hydrogen) atoms. The van der Waals surface area contributed by atoms with Gasteiger partial charge in [-0.05, 0) is 55.9 Å². The summed E-state index contributed by atoms with van der Waals surface area (Å²) in [6.45, 7) is 7.36. The summed E-state index contributed by atoms with van der Waals surface area (Å²) in [6.07, 6.45) is 0.751. The molecular weight excluding hydrogens is 411 g/mol. The molecule has 0 fully saturated rings. The summed E-state index contributed by atoms with van der Waals surface area (Å²) in [4.78, 5) is 30.8. The molecule has 0 N–H and O–H groups in total. The van der Waals surface area contributed by atoms with E-state index in [1.807, 2.05) is 0 Å². The van der Waals surface area contributed by atoms with E-state index >= 15 is 0 Å². The molecule has 1 amide bonds. The number of hydrogen-bond donors (Lipinski definition) is 0. The van der Waals surface area contributed by atoms with E-state index in [4.69, 9.17) is 9.15 Å². The molecule has 1 aromatic heterocycles. The van der Waals surface area contributed by atoms with Crippen molar-refractivity contribution in [3.63, 3.8) is 0 Å². The second-order valence-corrected chi connectivity index (χ2v) is 7.87. The molecule has 168 valence electrons. The monoisotopic (exact) mass is 438 g/mol. The van der Waals surface area contributed by atoms with Crippen LogP contribution in [0, 0.1) is 5.82 Å². The average Bonchev–Trinajstić information content (AvgIpc) is 3.09. The topological polar surface area (TPSA) is 63.0 Å². The van der Waals surface area contributed by atoms with Crippen LogP contribution in [-0.2, 0) is 0 Å². The van der Waals surface area contributed by atoms with Crippen LogP contribution in [-0.4, -0.2) is 49.0 Å². The second kappa shape index (κ2) is 9.12. The van der Waals surface area contributed by atoms with Crippen molar-refractivity contribution in [2.75, 3.05) is 33.3 Å². The summed E-state index contributed by atoms with van der Waals surface area (Å²) >= 11 is 0. The van der Waals surface area contributed by atoms with E-state index in [0.717, 1.165) is 26.1 Å². The summed E-state index contributed by atoms with van der Waals surface area (Å²) in [6, 6.07) is 10.3. The van der Waals surface area contributed by atoms with E-state index in [1.165, 1.54) is 19.2 Å². The van der Waals surface area contributed by atoms with Crippen molar-refractivity contribution in [2.24, 2.45) is 0 Å². The van der Waals surface area contributed by atoms with Gasteiger partial charge in [-0.3, -0.25) is 9.59 Å². The molecule has 6 nitrogen and oxygen atoms in total. The highest BCUT2D eigenvalue weighted by Gasteiger charge is 2.42. The molecule has 0 saturated carbocycles. The van der Waals surface area contributed by atoms with Gasteiger partial charge in [0.05, 0.1) is 24.1 Å². The van der Waals surface area contributed by atoms with E-state index in [0.29, 0.717) is 34.4 Å². The van der Waals surface area contributed by atoms with Crippen LogP contribution >= 0.6 is 0 Å². The van der Waals surface area contributed by atoms with Gasteiger partial charge in [0.25, 0.3) is 5.91 Å². The Bertz CT molecular complexity index is 1190. The summed E-state index contributed by atoms with van der Waals surface area (Å²) in [5.41, 5.74) is 1.05. The number of carbonyl (C=O) groups excluding carboxylic acids is 1. The van der Waals surface area contributed by atoms with E-state index in [-0.39, 0.29) is 22.9 Å². The van der Waals surface area contributed by atoms with Gasteiger partial charge in [0.1, 0.15) is 17.1 Å². The quantitative estimate of drug-likeness (QED) is 0.527. The number of fused-ring (bicyclic) bond motifs is 2. The standard InChI is InChI=1S/C25H27FN2O4/c1-4-27(5-2)13-6-14-28-22(16-7-9-17(26)10-8-16)21-23(29)19-12-11-18(31-3)15-20(19)32-24(21)25(28)30/h7-12,15,22H,4-6,13-14H2,1-3H3/t22-/m0/s1. The molecule has 2 aromatic carbocycles. The molecule has 4 rings (SSSR count). The smallest absolute Gasteiger partial charge is 0.290 e. The van der Waals surface area contributed by atoms with Gasteiger partial charge in [-0.2, -0.15) is 0 Å². The number of nitrogens with zero attached hydrogens (tertiary/aromatic N) is 2. The molecule has 0 bridgehead atoms. The van der Waals surface area contributed by atoms with Crippen LogP contribution in [0.15, 0.2) is 51.7 Å². The van der Waals surface area contributed by atoms with Crippen LogP contribution in [0.5, 0.6) is 5.75 Å². The lowest BCUT2D eigenvalue weighted by atomic mass is 9.98. The molecule has 0 aliphatic carbocycles. The van der Waals surface area contributed by atoms with Crippen LogP contribution in [0.25, 0.3) is 11.0 Å². The molecule has 0 unspecified atom stereocenters. The Labute approximate surface area is 186 Å². The maximum Gasteiger partial charge on any atom is 0.290 e. The first kappa shape index (κ1) is 22.0. The number of amides is 1. The fourth-order valence-corrected chi connectivity index (χ4v) is 4.35. The van der Waals surface area contributed by atoms with Gasteiger partial charge in [0, 0.05) is 12.6 Å². The van der Waals surface area contributed by atoms with Crippen LogP contribution in [0.2, 0.25) is 0 Å². The summed E-state index contributed by atoms with van der Waals surface area (Å²) in [7, 11) is 1.53. The van der Waals surface area contributed by atoms with Crippen molar-refractivity contribution < 1.29 is 18.3 Å². The van der Waals surface area contributed by atoms with Gasteiger partial charge in [-0.1, -0.05) is 26.0 Å². The van der Waals surface area contributed by atoms with Crippen molar-refractivity contribution in [3.05, 3.63) is 75.4 Å². The van der Waals surface area contributed by atoms with Gasteiger partial charge in [-0.15, -0.1) is 0 Å². The lowest BCUT2D eigenvalue weighted by molar-refractivity contribution is 0.0720. The van der Waals surface area contributed by atoms with Crippen LogP contribution in [0.4, 0.5) is 4.39 Å². The largest absolute Gasteiger partial charge is 0.497 e. The number of benzene rings is 2. The van der Waals surface area contributed by atoms with Gasteiger partial charge >= 0.3 is 0 Å². The SMILES string of the molecule is CCN(CC)CCCN1C(=O)c2oc3cc(OC)ccc3c(=O)c2[C@@H]1c1ccc(F)cc1. The second-order valence-electron chi connectivity index (χ2n) is 7.87.